The number of nitrogens with two attached hydrogens (primary N) is 1. The number of ether oxygens (including phenoxy) is 1. The van der Waals surface area contributed by atoms with E-state index in [1.165, 1.54) is 56.8 Å². The number of rotatable bonds is 10. The second-order valence-electron chi connectivity index (χ2n) is 17.0. The van der Waals surface area contributed by atoms with E-state index in [4.69, 9.17) is 19.5 Å². The molecule has 2 aromatic heterocycles. The fraction of sp³-hybridized carbons (Fsp3) is 0.811. The second kappa shape index (κ2) is 13.0. The second-order valence-corrected chi connectivity index (χ2v) is 18.3. The Morgan fingerprint density at radius 1 is 1.08 bits per heavy atom. The van der Waals surface area contributed by atoms with Gasteiger partial charge in [-0.15, -0.1) is 0 Å². The van der Waals surface area contributed by atoms with Crippen molar-refractivity contribution in [3.63, 3.8) is 0 Å². The number of hydrogen-bond acceptors (Lipinski definition) is 8. The third-order valence-electron chi connectivity index (χ3n) is 13.8. The lowest BCUT2D eigenvalue weighted by Crippen LogP contribution is -2.51. The van der Waals surface area contributed by atoms with Crippen LogP contribution < -0.4 is 5.73 Å². The summed E-state index contributed by atoms with van der Waals surface area (Å²) in [5.74, 6) is 5.02. The van der Waals surface area contributed by atoms with E-state index in [-0.39, 0.29) is 11.5 Å². The summed E-state index contributed by atoms with van der Waals surface area (Å²) >= 11 is 0. The number of hydrogen-bond donors (Lipinski definition) is 2. The van der Waals surface area contributed by atoms with Gasteiger partial charge in [0.05, 0.1) is 24.6 Å². The van der Waals surface area contributed by atoms with Crippen LogP contribution in [0.25, 0.3) is 11.2 Å². The van der Waals surface area contributed by atoms with Crippen molar-refractivity contribution in [1.82, 2.24) is 19.5 Å². The van der Waals surface area contributed by atoms with Gasteiger partial charge >= 0.3 is 7.82 Å². The van der Waals surface area contributed by atoms with Gasteiger partial charge in [-0.1, -0.05) is 65.5 Å². The number of phosphoric ester groups is 1. The van der Waals surface area contributed by atoms with Gasteiger partial charge in [0.1, 0.15) is 18.1 Å². The van der Waals surface area contributed by atoms with Crippen LogP contribution in [0, 0.1) is 46.3 Å². The molecule has 1 unspecified atom stereocenters. The summed E-state index contributed by atoms with van der Waals surface area (Å²) < 4.78 is 33.1. The van der Waals surface area contributed by atoms with Crippen LogP contribution in [0.5, 0.6) is 0 Å². The topological polar surface area (TPSA) is 135 Å². The minimum atomic E-state index is -4.34. The quantitative estimate of drug-likeness (QED) is 0.186. The van der Waals surface area contributed by atoms with Gasteiger partial charge in [0.2, 0.25) is 0 Å². The summed E-state index contributed by atoms with van der Waals surface area (Å²) in [6, 6.07) is 0. The van der Waals surface area contributed by atoms with E-state index >= 15 is 0 Å². The number of fused-ring (bicyclic) bond motifs is 6. The Labute approximate surface area is 286 Å². The molecular formula is C37H58N5O5P. The Hall–Kier alpha value is -1.84. The molecule has 3 heterocycles. The SMILES string of the molecule is CC(C)CCC[C@@H](C)[C@H]1CC[C@H]2[C@@H]3CC=C4C[C@@H](OP(=O)(O)O[C@H]5C[C@H](n6cnc7c(N)ncnc76)O[C@@H]5C)CC[C@]4(C)[C@H]3CC[C@]12C. The molecule has 48 heavy (non-hydrogen) atoms. The molecule has 0 amide bonds. The Balaban J connectivity index is 0.972. The maximum absolute atomic E-state index is 13.4. The molecular weight excluding hydrogens is 625 g/mol. The Morgan fingerprint density at radius 3 is 2.69 bits per heavy atom. The third kappa shape index (κ3) is 6.20. The van der Waals surface area contributed by atoms with Crippen LogP contribution in [0.1, 0.15) is 125 Å². The molecule has 0 bridgehead atoms. The molecule has 11 heteroatoms. The van der Waals surface area contributed by atoms with Crippen LogP contribution in [0.3, 0.4) is 0 Å². The monoisotopic (exact) mass is 683 g/mol. The van der Waals surface area contributed by atoms with Crippen LogP contribution in [0.2, 0.25) is 0 Å². The van der Waals surface area contributed by atoms with E-state index in [0.29, 0.717) is 41.2 Å². The summed E-state index contributed by atoms with van der Waals surface area (Å²) in [5, 5.41) is 0. The van der Waals surface area contributed by atoms with E-state index < -0.39 is 26.3 Å². The van der Waals surface area contributed by atoms with Crippen molar-refractivity contribution in [2.75, 3.05) is 5.73 Å². The third-order valence-corrected chi connectivity index (χ3v) is 14.9. The zero-order chi connectivity index (χ0) is 34.0. The van der Waals surface area contributed by atoms with Crippen molar-refractivity contribution in [2.24, 2.45) is 46.3 Å². The van der Waals surface area contributed by atoms with Gasteiger partial charge in [-0.05, 0) is 105 Å². The molecule has 12 atom stereocenters. The van der Waals surface area contributed by atoms with Crippen LogP contribution in [0.4, 0.5) is 5.82 Å². The molecule has 4 aliphatic carbocycles. The van der Waals surface area contributed by atoms with E-state index in [2.05, 4.69) is 55.6 Å². The molecule has 2 aromatic rings. The predicted molar refractivity (Wildman–Crippen MR) is 187 cm³/mol. The number of nitrogens with zero attached hydrogens (tertiary/aromatic N) is 4. The minimum absolute atomic E-state index is 0.146. The summed E-state index contributed by atoms with van der Waals surface area (Å²) in [7, 11) is -4.34. The van der Waals surface area contributed by atoms with Gasteiger partial charge in [-0.3, -0.25) is 13.6 Å². The predicted octanol–water partition coefficient (Wildman–Crippen LogP) is 8.63. The lowest BCUT2D eigenvalue weighted by atomic mass is 9.47. The highest BCUT2D eigenvalue weighted by Crippen LogP contribution is 2.68. The molecule has 0 spiro atoms. The summed E-state index contributed by atoms with van der Waals surface area (Å²) in [6.45, 7) is 14.2. The fourth-order valence-corrected chi connectivity index (χ4v) is 12.5. The molecule has 3 N–H and O–H groups in total. The average Bonchev–Trinajstić information content (AvgIpc) is 3.72. The zero-order valence-corrected chi connectivity index (χ0v) is 30.8. The highest BCUT2D eigenvalue weighted by Gasteiger charge is 2.59. The van der Waals surface area contributed by atoms with Crippen molar-refractivity contribution in [2.45, 2.75) is 143 Å². The van der Waals surface area contributed by atoms with E-state index in [9.17, 15) is 9.46 Å². The molecule has 7 rings (SSSR count). The average molecular weight is 684 g/mol. The van der Waals surface area contributed by atoms with E-state index in [1.807, 2.05) is 6.92 Å². The standard InChI is InChI=1S/C37H58N5O5P/c1-22(2)8-7-9-23(3)28-12-13-29-27-11-10-25-18-26(14-16-36(25,5)30(27)15-17-37(28,29)6)46-48(43,44)47-31-19-32(45-24(31)4)42-21-41-33-34(38)39-20-40-35(33)42/h10,20-24,26-32H,7-9,11-19H2,1-6H3,(H,43,44)(H2,38,39,40)/t23-,24-,26+,27+,28-,29+,30+,31+,32-,36+,37-/m1/s1. The first-order valence-electron chi connectivity index (χ1n) is 18.8. The summed E-state index contributed by atoms with van der Waals surface area (Å²) in [6.07, 6.45) is 17.2. The van der Waals surface area contributed by atoms with Crippen molar-refractivity contribution in [3.8, 4) is 0 Å². The first-order chi connectivity index (χ1) is 22.8. The van der Waals surface area contributed by atoms with Gasteiger partial charge in [0.25, 0.3) is 0 Å². The first kappa shape index (κ1) is 34.6. The Morgan fingerprint density at radius 2 is 1.90 bits per heavy atom. The molecule has 5 aliphatic rings. The number of allylic oxidation sites excluding steroid dienone is 1. The van der Waals surface area contributed by atoms with E-state index in [1.54, 1.807) is 10.9 Å². The van der Waals surface area contributed by atoms with Crippen LogP contribution in [-0.4, -0.2) is 42.7 Å². The lowest BCUT2D eigenvalue weighted by Gasteiger charge is -2.58. The Bertz CT molecular complexity index is 1560. The van der Waals surface area contributed by atoms with E-state index in [0.717, 1.165) is 48.9 Å². The number of imidazole rings is 1. The minimum Gasteiger partial charge on any atom is -0.382 e. The molecule has 266 valence electrons. The molecule has 1 saturated heterocycles. The zero-order valence-electron chi connectivity index (χ0n) is 29.9. The van der Waals surface area contributed by atoms with Crippen molar-refractivity contribution >= 4 is 24.8 Å². The van der Waals surface area contributed by atoms with Crippen molar-refractivity contribution in [1.29, 1.82) is 0 Å². The van der Waals surface area contributed by atoms with Crippen molar-refractivity contribution in [3.05, 3.63) is 24.3 Å². The summed E-state index contributed by atoms with van der Waals surface area (Å²) in [4.78, 5) is 23.6. The number of anilines is 1. The van der Waals surface area contributed by atoms with Crippen LogP contribution in [-0.2, 0) is 18.3 Å². The van der Waals surface area contributed by atoms with Gasteiger partial charge in [0.15, 0.2) is 11.5 Å². The highest BCUT2D eigenvalue weighted by molar-refractivity contribution is 7.47. The van der Waals surface area contributed by atoms with Gasteiger partial charge in [-0.2, -0.15) is 0 Å². The fourth-order valence-electron chi connectivity index (χ4n) is 11.3. The normalized spacial score (nSPS) is 39.9. The van der Waals surface area contributed by atoms with Gasteiger partial charge in [0, 0.05) is 6.42 Å². The smallest absolute Gasteiger partial charge is 0.382 e. The molecule has 1 aliphatic heterocycles. The van der Waals surface area contributed by atoms with Crippen molar-refractivity contribution < 1.29 is 23.2 Å². The van der Waals surface area contributed by atoms with Gasteiger partial charge in [-0.25, -0.2) is 19.5 Å². The van der Waals surface area contributed by atoms with Crippen LogP contribution in [0.15, 0.2) is 24.3 Å². The number of aromatic nitrogens is 4. The molecule has 4 fully saturated rings. The molecule has 10 nitrogen and oxygen atoms in total. The molecule has 0 aromatic carbocycles. The maximum Gasteiger partial charge on any atom is 0.472 e. The van der Waals surface area contributed by atoms with Gasteiger partial charge < -0.3 is 15.4 Å². The first-order valence-corrected chi connectivity index (χ1v) is 20.3. The van der Waals surface area contributed by atoms with Crippen LogP contribution >= 0.6 is 7.82 Å². The lowest BCUT2D eigenvalue weighted by molar-refractivity contribution is -0.0583. The maximum atomic E-state index is 13.4. The largest absolute Gasteiger partial charge is 0.472 e. The number of nitrogen functional groups attached to an aromatic ring is 1. The molecule has 3 saturated carbocycles. The number of phosphoric acid groups is 1. The Kier molecular flexibility index (Phi) is 9.40. The summed E-state index contributed by atoms with van der Waals surface area (Å²) in [5.41, 5.74) is 9.06. The molecule has 0 radical (unpaired) electrons. The highest BCUT2D eigenvalue weighted by atomic mass is 31.2.